The summed E-state index contributed by atoms with van der Waals surface area (Å²) in [5.41, 5.74) is 0. The summed E-state index contributed by atoms with van der Waals surface area (Å²) in [5, 5.41) is 0. The molecule has 0 saturated carbocycles. The average molecular weight is 1640 g/mol. The molecule has 9 nitrogen and oxygen atoms in total. The van der Waals surface area contributed by atoms with Crippen LogP contribution in [-0.2, 0) is 0 Å². The van der Waals surface area contributed by atoms with Crippen molar-refractivity contribution in [3.8, 4) is 34.5 Å². The molecule has 0 amide bonds. The van der Waals surface area contributed by atoms with Crippen molar-refractivity contribution in [1.82, 2.24) is 9.21 Å². The lowest BCUT2D eigenvalue weighted by molar-refractivity contribution is 0.0534. The van der Waals surface area contributed by atoms with Crippen LogP contribution in [0.1, 0.15) is 0 Å². The van der Waals surface area contributed by atoms with Gasteiger partial charge in [-0.3, -0.25) is 0 Å². The second-order valence-electron chi connectivity index (χ2n) is 11.6. The van der Waals surface area contributed by atoms with Crippen LogP contribution in [0.2, 0.25) is 0 Å². The lowest BCUT2D eigenvalue weighted by Crippen LogP contribution is -2.37. The maximum Gasteiger partial charge on any atom is 0.447 e. The van der Waals surface area contributed by atoms with Gasteiger partial charge in [-0.1, -0.05) is 95.6 Å². The maximum absolute atomic E-state index is 7.17. The van der Waals surface area contributed by atoms with Crippen molar-refractivity contribution in [1.29, 1.82) is 0 Å². The van der Waals surface area contributed by atoms with Gasteiger partial charge in [-0.15, -0.1) is 4.52 Å². The smallest absolute Gasteiger partial charge is 0.439 e. The first kappa shape index (κ1) is 48.8. The van der Waals surface area contributed by atoms with Crippen molar-refractivity contribution in [3.63, 3.8) is 0 Å². The SMILES string of the molecule is Brc1ccc(ON2P(Oc3ccc(Br)cc3Br)N=P(Oc3ccc(Br)cc3Br)(Oc3ccc(Br)cc3Br)N(Oc3ccc(Br)cc3Br)P2Oc2ccc(Br)cc2Br)c(Br)c1. The highest BCUT2D eigenvalue weighted by atomic mass is 79.9. The second kappa shape index (κ2) is 21.7. The van der Waals surface area contributed by atoms with Crippen LogP contribution in [-0.4, -0.2) is 9.21 Å². The minimum atomic E-state index is -4.09. The molecule has 0 saturated heterocycles. The minimum Gasteiger partial charge on any atom is -0.439 e. The molecular weight excluding hydrogens is 1620 g/mol. The summed E-state index contributed by atoms with van der Waals surface area (Å²) in [4.78, 5) is 13.9. The summed E-state index contributed by atoms with van der Waals surface area (Å²) in [7, 11) is -8.81. The zero-order valence-electron chi connectivity index (χ0n) is 29.1. The van der Waals surface area contributed by atoms with E-state index in [4.69, 9.17) is 32.3 Å². The Morgan fingerprint density at radius 3 is 1.07 bits per heavy atom. The first-order valence-electron chi connectivity index (χ1n) is 16.2. The van der Waals surface area contributed by atoms with Crippen LogP contribution >= 0.6 is 216 Å². The Morgan fingerprint density at radius 2 is 0.700 bits per heavy atom. The molecule has 1 aliphatic rings. The number of rotatable bonds is 12. The molecule has 7 rings (SSSR count). The molecule has 0 N–H and O–H groups in total. The van der Waals surface area contributed by atoms with Crippen LogP contribution in [0.4, 0.5) is 0 Å². The van der Waals surface area contributed by atoms with E-state index in [-0.39, 0.29) is 0 Å². The van der Waals surface area contributed by atoms with Crippen molar-refractivity contribution in [2.24, 2.45) is 4.52 Å². The van der Waals surface area contributed by atoms with E-state index in [9.17, 15) is 0 Å². The van der Waals surface area contributed by atoms with Crippen LogP contribution in [0.3, 0.4) is 0 Å². The predicted octanol–water partition coefficient (Wildman–Crippen LogP) is 20.5. The Bertz CT molecular complexity index is 2600. The Labute approximate surface area is 448 Å². The average Bonchev–Trinajstić information content (AvgIpc) is 3.17. The van der Waals surface area contributed by atoms with Crippen molar-refractivity contribution in [2.45, 2.75) is 0 Å². The van der Waals surface area contributed by atoms with Gasteiger partial charge in [0, 0.05) is 36.0 Å². The molecule has 24 heteroatoms. The Kier molecular flexibility index (Phi) is 17.6. The highest BCUT2D eigenvalue weighted by Gasteiger charge is 2.58. The molecule has 0 aliphatic carbocycles. The highest BCUT2D eigenvalue weighted by Crippen LogP contribution is 2.78. The Hall–Kier alpha value is 0.890. The summed E-state index contributed by atoms with van der Waals surface area (Å²) >= 11 is 43.7. The zero-order valence-corrected chi connectivity index (χ0v) is 50.8. The first-order valence-corrected chi connectivity index (χ1v) is 29.6. The number of halogens is 12. The lowest BCUT2D eigenvalue weighted by atomic mass is 10.3. The Morgan fingerprint density at radius 1 is 0.383 bits per heavy atom. The van der Waals surface area contributed by atoms with Gasteiger partial charge in [0.1, 0.15) is 23.0 Å². The third-order valence-electron chi connectivity index (χ3n) is 7.36. The van der Waals surface area contributed by atoms with E-state index in [2.05, 4.69) is 191 Å². The van der Waals surface area contributed by atoms with Gasteiger partial charge in [-0.05, 0) is 205 Å². The molecule has 0 spiro atoms. The van der Waals surface area contributed by atoms with Crippen molar-refractivity contribution in [3.05, 3.63) is 163 Å². The van der Waals surface area contributed by atoms with Gasteiger partial charge in [0.15, 0.2) is 11.5 Å². The van der Waals surface area contributed by atoms with Crippen molar-refractivity contribution in [2.75, 3.05) is 0 Å². The van der Waals surface area contributed by atoms with Crippen molar-refractivity contribution >= 4 is 216 Å². The van der Waals surface area contributed by atoms with Gasteiger partial charge in [0.25, 0.3) is 0 Å². The van der Waals surface area contributed by atoms with Crippen LogP contribution in [0.25, 0.3) is 0 Å². The fraction of sp³-hybridized carbons (Fsp3) is 0. The Balaban J connectivity index is 1.57. The quantitative estimate of drug-likeness (QED) is 0.112. The largest absolute Gasteiger partial charge is 0.447 e. The van der Waals surface area contributed by atoms with Crippen LogP contribution in [0.5, 0.6) is 34.5 Å². The van der Waals surface area contributed by atoms with Gasteiger partial charge in [0.05, 0.1) is 26.8 Å². The van der Waals surface area contributed by atoms with Gasteiger partial charge in [-0.2, -0.15) is 0 Å². The molecule has 0 radical (unpaired) electrons. The fourth-order valence-corrected chi connectivity index (χ4v) is 19.5. The molecule has 0 aromatic heterocycles. The number of nitrogens with zero attached hydrogens (tertiary/aromatic N) is 3. The number of hydrogen-bond donors (Lipinski definition) is 0. The fourth-order valence-electron chi connectivity index (χ4n) is 4.70. The van der Waals surface area contributed by atoms with Crippen LogP contribution in [0.15, 0.2) is 167 Å². The number of benzene rings is 6. The summed E-state index contributed by atoms with van der Waals surface area (Å²) in [6, 6.07) is 33.1. The standard InChI is InChI=1S/C36H18Br12N3O6P3/c37-19-1-7-31(25(43)13-19)52-50-58(54-33-9-3-21(39)15-27(33)45)49-60(56-35-11-5-23(41)17-29(35)47,57-36-12-6-24(42)18-30(36)48)51(53-32-8-2-20(38)14-26(32)44)59(50)55-34-10-4-22(40)16-28(34)46/h1-18H. The predicted molar refractivity (Wildman–Crippen MR) is 282 cm³/mol. The van der Waals surface area contributed by atoms with E-state index >= 15 is 0 Å². The molecule has 60 heavy (non-hydrogen) atoms. The maximum atomic E-state index is 7.17. The summed E-state index contributed by atoms with van der Waals surface area (Å²) in [6.07, 6.45) is 0. The molecule has 1 aliphatic heterocycles. The molecule has 2 unspecified atom stereocenters. The van der Waals surface area contributed by atoms with E-state index < -0.39 is 24.6 Å². The zero-order chi connectivity index (χ0) is 42.9. The van der Waals surface area contributed by atoms with E-state index in [0.717, 1.165) is 26.8 Å². The monoisotopic (exact) mass is 1630 g/mol. The molecule has 6 aromatic rings. The minimum absolute atomic E-state index is 0.383. The topological polar surface area (TPSA) is 74.2 Å². The molecule has 1 heterocycles. The van der Waals surface area contributed by atoms with Gasteiger partial charge in [-0.25, -0.2) is 0 Å². The van der Waals surface area contributed by atoms with E-state index in [1.807, 2.05) is 84.9 Å². The summed E-state index contributed by atoms with van der Waals surface area (Å²) < 4.78 is 45.6. The molecule has 6 aromatic carbocycles. The van der Waals surface area contributed by atoms with Gasteiger partial charge in [0.2, 0.25) is 0 Å². The van der Waals surface area contributed by atoms with Gasteiger partial charge >= 0.3 is 24.6 Å². The molecule has 2 atom stereocenters. The first-order chi connectivity index (χ1) is 28.6. The van der Waals surface area contributed by atoms with Crippen LogP contribution in [0, 0.1) is 0 Å². The van der Waals surface area contributed by atoms with E-state index in [0.29, 0.717) is 61.3 Å². The summed E-state index contributed by atoms with van der Waals surface area (Å²) in [6.45, 7) is 0. The molecule has 312 valence electrons. The van der Waals surface area contributed by atoms with E-state index in [1.54, 1.807) is 28.9 Å². The van der Waals surface area contributed by atoms with Gasteiger partial charge < -0.3 is 27.8 Å². The normalized spacial score (nSPS) is 16.5. The highest BCUT2D eigenvalue weighted by molar-refractivity contribution is 9.12. The van der Waals surface area contributed by atoms with E-state index in [1.165, 1.54) is 4.60 Å². The second-order valence-corrected chi connectivity index (χ2v) is 27.7. The van der Waals surface area contributed by atoms with Crippen molar-refractivity contribution < 1.29 is 27.8 Å². The third-order valence-corrected chi connectivity index (χ3v) is 20.8. The number of hydrogen-bond acceptors (Lipinski definition) is 9. The summed E-state index contributed by atoms with van der Waals surface area (Å²) in [5.74, 6) is 2.47. The molecule has 0 bridgehead atoms. The third kappa shape index (κ3) is 12.1. The molecular formula is C36H18Br12N3O6P3. The molecule has 0 fully saturated rings. The lowest BCUT2D eigenvalue weighted by Gasteiger charge is -2.44. The van der Waals surface area contributed by atoms with Crippen LogP contribution < -0.4 is 27.8 Å².